The number of hydrogen-bond acceptors (Lipinski definition) is 3. The number of aryl methyl sites for hydroxylation is 1. The first-order chi connectivity index (χ1) is 8.54. The van der Waals surface area contributed by atoms with Gasteiger partial charge in [0.05, 0.1) is 0 Å². The molecule has 0 saturated carbocycles. The molecule has 1 rings (SSSR count). The molecule has 0 saturated heterocycles. The number of nitrogens with one attached hydrogen (secondary N) is 1. The van der Waals surface area contributed by atoms with E-state index in [-0.39, 0.29) is 12.4 Å². The maximum absolute atomic E-state index is 13.0. The molecule has 0 aliphatic rings. The maximum Gasteiger partial charge on any atom is 0.162 e. The van der Waals surface area contributed by atoms with Gasteiger partial charge in [-0.05, 0) is 31.5 Å². The molecule has 3 nitrogen and oxygen atoms in total. The topological polar surface area (TPSA) is 41.5 Å². The van der Waals surface area contributed by atoms with Gasteiger partial charge in [0.15, 0.2) is 11.6 Å². The van der Waals surface area contributed by atoms with E-state index in [1.54, 1.807) is 6.92 Å². The van der Waals surface area contributed by atoms with E-state index in [0.29, 0.717) is 12.1 Å². The molecule has 1 aromatic carbocycles. The third-order valence-corrected chi connectivity index (χ3v) is 2.46. The SMILES string of the molecule is CCCNCC(O)COc1cc(F)c(F)cc1C. The van der Waals surface area contributed by atoms with Crippen LogP contribution in [0.4, 0.5) is 8.78 Å². The lowest BCUT2D eigenvalue weighted by atomic mass is 10.2. The van der Waals surface area contributed by atoms with Gasteiger partial charge in [-0.3, -0.25) is 0 Å². The fourth-order valence-electron chi connectivity index (χ4n) is 1.47. The standard InChI is InChI=1S/C13H19F2NO2/c1-3-4-16-7-10(17)8-18-13-6-12(15)11(14)5-9(13)2/h5-6,10,16-17H,3-4,7-8H2,1-2H3. The summed E-state index contributed by atoms with van der Waals surface area (Å²) in [5.74, 6) is -1.59. The van der Waals surface area contributed by atoms with E-state index in [1.165, 1.54) is 0 Å². The average Bonchev–Trinajstić information content (AvgIpc) is 2.32. The zero-order chi connectivity index (χ0) is 13.5. The Morgan fingerprint density at radius 1 is 1.33 bits per heavy atom. The van der Waals surface area contributed by atoms with Gasteiger partial charge in [-0.1, -0.05) is 6.92 Å². The van der Waals surface area contributed by atoms with Gasteiger partial charge in [0, 0.05) is 12.6 Å². The highest BCUT2D eigenvalue weighted by atomic mass is 19.2. The summed E-state index contributed by atoms with van der Waals surface area (Å²) in [6.07, 6.45) is 0.305. The fourth-order valence-corrected chi connectivity index (χ4v) is 1.47. The van der Waals surface area contributed by atoms with Crippen LogP contribution in [0.3, 0.4) is 0 Å². The Kier molecular flexibility index (Phi) is 6.01. The quantitative estimate of drug-likeness (QED) is 0.736. The van der Waals surface area contributed by atoms with Crippen LogP contribution in [0.25, 0.3) is 0 Å². The van der Waals surface area contributed by atoms with Crippen LogP contribution >= 0.6 is 0 Å². The molecule has 0 fully saturated rings. The summed E-state index contributed by atoms with van der Waals surface area (Å²) >= 11 is 0. The number of aliphatic hydroxyl groups is 1. The third-order valence-electron chi connectivity index (χ3n) is 2.46. The van der Waals surface area contributed by atoms with Crippen molar-refractivity contribution in [2.45, 2.75) is 26.4 Å². The van der Waals surface area contributed by atoms with E-state index in [2.05, 4.69) is 5.32 Å². The molecule has 1 atom stereocenters. The number of rotatable bonds is 7. The molecule has 0 heterocycles. The molecule has 5 heteroatoms. The average molecular weight is 259 g/mol. The van der Waals surface area contributed by atoms with Crippen molar-refractivity contribution < 1.29 is 18.6 Å². The van der Waals surface area contributed by atoms with E-state index in [0.717, 1.165) is 25.1 Å². The lowest BCUT2D eigenvalue weighted by Crippen LogP contribution is -2.31. The maximum atomic E-state index is 13.0. The molecule has 102 valence electrons. The van der Waals surface area contributed by atoms with E-state index < -0.39 is 17.7 Å². The zero-order valence-electron chi connectivity index (χ0n) is 10.7. The number of benzene rings is 1. The number of ether oxygens (including phenoxy) is 1. The molecule has 0 bridgehead atoms. The van der Waals surface area contributed by atoms with Crippen molar-refractivity contribution >= 4 is 0 Å². The zero-order valence-corrected chi connectivity index (χ0v) is 10.7. The van der Waals surface area contributed by atoms with Crippen molar-refractivity contribution in [2.24, 2.45) is 0 Å². The fraction of sp³-hybridized carbons (Fsp3) is 0.538. The minimum atomic E-state index is -0.950. The summed E-state index contributed by atoms with van der Waals surface area (Å²) < 4.78 is 31.1. The van der Waals surface area contributed by atoms with Crippen LogP contribution < -0.4 is 10.1 Å². The van der Waals surface area contributed by atoms with Gasteiger partial charge in [0.2, 0.25) is 0 Å². The smallest absolute Gasteiger partial charge is 0.162 e. The number of hydrogen-bond donors (Lipinski definition) is 2. The Morgan fingerprint density at radius 2 is 2.00 bits per heavy atom. The Bertz CT molecular complexity index is 385. The Morgan fingerprint density at radius 3 is 2.67 bits per heavy atom. The molecule has 0 spiro atoms. The predicted octanol–water partition coefficient (Wildman–Crippen LogP) is 2.01. The highest BCUT2D eigenvalue weighted by Crippen LogP contribution is 2.21. The van der Waals surface area contributed by atoms with Gasteiger partial charge in [0.1, 0.15) is 18.5 Å². The van der Waals surface area contributed by atoms with E-state index in [4.69, 9.17) is 4.74 Å². The van der Waals surface area contributed by atoms with Crippen LogP contribution in [0.2, 0.25) is 0 Å². The van der Waals surface area contributed by atoms with Crippen LogP contribution in [-0.4, -0.2) is 30.9 Å². The van der Waals surface area contributed by atoms with Gasteiger partial charge >= 0.3 is 0 Å². The largest absolute Gasteiger partial charge is 0.490 e. The minimum Gasteiger partial charge on any atom is -0.490 e. The first-order valence-electron chi connectivity index (χ1n) is 6.01. The molecule has 1 unspecified atom stereocenters. The van der Waals surface area contributed by atoms with Crippen molar-refractivity contribution in [2.75, 3.05) is 19.7 Å². The predicted molar refractivity (Wildman–Crippen MR) is 65.8 cm³/mol. The second kappa shape index (κ2) is 7.28. The summed E-state index contributed by atoms with van der Waals surface area (Å²) in [6, 6.07) is 2.07. The number of halogens is 2. The highest BCUT2D eigenvalue weighted by Gasteiger charge is 2.10. The second-order valence-electron chi connectivity index (χ2n) is 4.20. The van der Waals surface area contributed by atoms with Crippen LogP contribution in [-0.2, 0) is 0 Å². The van der Waals surface area contributed by atoms with Gasteiger partial charge in [-0.2, -0.15) is 0 Å². The summed E-state index contributed by atoms with van der Waals surface area (Å²) in [7, 11) is 0. The van der Waals surface area contributed by atoms with E-state index in [9.17, 15) is 13.9 Å². The van der Waals surface area contributed by atoms with Crippen molar-refractivity contribution in [3.05, 3.63) is 29.3 Å². The molecular formula is C13H19F2NO2. The third kappa shape index (κ3) is 4.58. The summed E-state index contributed by atoms with van der Waals surface area (Å²) in [5.41, 5.74) is 0.502. The lowest BCUT2D eigenvalue weighted by molar-refractivity contribution is 0.106. The van der Waals surface area contributed by atoms with Crippen molar-refractivity contribution in [1.82, 2.24) is 5.32 Å². The van der Waals surface area contributed by atoms with Crippen LogP contribution in [0.15, 0.2) is 12.1 Å². The summed E-state index contributed by atoms with van der Waals surface area (Å²) in [4.78, 5) is 0. The van der Waals surface area contributed by atoms with Gasteiger partial charge < -0.3 is 15.2 Å². The van der Waals surface area contributed by atoms with Gasteiger partial charge in [-0.25, -0.2) is 8.78 Å². The molecule has 18 heavy (non-hydrogen) atoms. The monoisotopic (exact) mass is 259 g/mol. The molecule has 1 aromatic rings. The van der Waals surface area contributed by atoms with Crippen molar-refractivity contribution in [1.29, 1.82) is 0 Å². The number of aliphatic hydroxyl groups excluding tert-OH is 1. The Labute approximate surface area is 106 Å². The molecular weight excluding hydrogens is 240 g/mol. The van der Waals surface area contributed by atoms with Crippen LogP contribution in [0.5, 0.6) is 5.75 Å². The van der Waals surface area contributed by atoms with Gasteiger partial charge in [-0.15, -0.1) is 0 Å². The summed E-state index contributed by atoms with van der Waals surface area (Å²) in [5, 5.41) is 12.6. The highest BCUT2D eigenvalue weighted by molar-refractivity contribution is 5.33. The van der Waals surface area contributed by atoms with Crippen molar-refractivity contribution in [3.8, 4) is 5.75 Å². The summed E-state index contributed by atoms with van der Waals surface area (Å²) in [6.45, 7) is 4.93. The molecule has 0 aromatic heterocycles. The molecule has 0 amide bonds. The first-order valence-corrected chi connectivity index (χ1v) is 6.01. The van der Waals surface area contributed by atoms with Crippen LogP contribution in [0.1, 0.15) is 18.9 Å². The Hall–Kier alpha value is -1.20. The molecule has 0 aliphatic heterocycles. The lowest BCUT2D eigenvalue weighted by Gasteiger charge is -2.14. The normalized spacial score (nSPS) is 12.5. The van der Waals surface area contributed by atoms with Crippen LogP contribution in [0, 0.1) is 18.6 Å². The van der Waals surface area contributed by atoms with E-state index in [1.807, 2.05) is 6.92 Å². The molecule has 0 radical (unpaired) electrons. The van der Waals surface area contributed by atoms with E-state index >= 15 is 0 Å². The molecule has 0 aliphatic carbocycles. The first kappa shape index (κ1) is 14.9. The second-order valence-corrected chi connectivity index (χ2v) is 4.20. The van der Waals surface area contributed by atoms with Gasteiger partial charge in [0.25, 0.3) is 0 Å². The molecule has 2 N–H and O–H groups in total. The van der Waals surface area contributed by atoms with Crippen molar-refractivity contribution in [3.63, 3.8) is 0 Å². The Balaban J connectivity index is 2.45. The minimum absolute atomic E-state index is 0.0443.